The Bertz CT molecular complexity index is 299. The molecule has 0 unspecified atom stereocenters. The summed E-state index contributed by atoms with van der Waals surface area (Å²) in [5.41, 5.74) is 1.20. The van der Waals surface area contributed by atoms with Crippen LogP contribution < -0.4 is 0 Å². The van der Waals surface area contributed by atoms with Gasteiger partial charge < -0.3 is 14.2 Å². The number of hydrogen-bond donors (Lipinski definition) is 0. The predicted molar refractivity (Wildman–Crippen MR) is 61.0 cm³/mol. The van der Waals surface area contributed by atoms with Gasteiger partial charge in [-0.2, -0.15) is 0 Å². The zero-order valence-electron chi connectivity index (χ0n) is 9.59. The van der Waals surface area contributed by atoms with Gasteiger partial charge in [-0.25, -0.2) is 0 Å². The molecule has 2 atom stereocenters. The van der Waals surface area contributed by atoms with Gasteiger partial charge in [0.15, 0.2) is 6.29 Å². The largest absolute Gasteiger partial charge is 0.374 e. The fourth-order valence-electron chi connectivity index (χ4n) is 1.85. The van der Waals surface area contributed by atoms with Crippen LogP contribution in [0.1, 0.15) is 18.4 Å². The first-order valence-electron chi connectivity index (χ1n) is 5.68. The van der Waals surface area contributed by atoms with Gasteiger partial charge in [-0.15, -0.1) is 0 Å². The van der Waals surface area contributed by atoms with E-state index in [9.17, 15) is 0 Å². The molecule has 1 aliphatic heterocycles. The molecule has 3 heteroatoms. The highest BCUT2D eigenvalue weighted by atomic mass is 16.7. The van der Waals surface area contributed by atoms with Crippen molar-refractivity contribution in [2.75, 3.05) is 13.7 Å². The molecule has 3 nitrogen and oxygen atoms in total. The molecule has 1 aromatic carbocycles. The van der Waals surface area contributed by atoms with E-state index in [2.05, 4.69) is 12.1 Å². The summed E-state index contributed by atoms with van der Waals surface area (Å²) in [7, 11) is 1.68. The lowest BCUT2D eigenvalue weighted by Crippen LogP contribution is -2.17. The molecule has 16 heavy (non-hydrogen) atoms. The Morgan fingerprint density at radius 1 is 1.25 bits per heavy atom. The van der Waals surface area contributed by atoms with Crippen molar-refractivity contribution >= 4 is 0 Å². The van der Waals surface area contributed by atoms with Crippen molar-refractivity contribution in [1.29, 1.82) is 0 Å². The average molecular weight is 222 g/mol. The number of rotatable bonds is 5. The molecule has 0 bridgehead atoms. The quantitative estimate of drug-likeness (QED) is 0.765. The molecule has 0 aromatic heterocycles. The third-order valence-corrected chi connectivity index (χ3v) is 2.75. The van der Waals surface area contributed by atoms with Crippen molar-refractivity contribution < 1.29 is 14.2 Å². The molecule has 2 rings (SSSR count). The Labute approximate surface area is 96.3 Å². The van der Waals surface area contributed by atoms with Crippen molar-refractivity contribution in [2.24, 2.45) is 0 Å². The van der Waals surface area contributed by atoms with Crippen molar-refractivity contribution in [3.63, 3.8) is 0 Å². The Hall–Kier alpha value is -0.900. The first-order chi connectivity index (χ1) is 7.88. The average Bonchev–Trinajstić information content (AvgIpc) is 2.78. The Kier molecular flexibility index (Phi) is 4.34. The van der Waals surface area contributed by atoms with Gasteiger partial charge in [-0.05, 0) is 12.0 Å². The van der Waals surface area contributed by atoms with Gasteiger partial charge >= 0.3 is 0 Å². The summed E-state index contributed by atoms with van der Waals surface area (Å²) in [5, 5.41) is 0. The minimum atomic E-state index is -0.0367. The zero-order chi connectivity index (χ0) is 11.2. The van der Waals surface area contributed by atoms with E-state index in [1.165, 1.54) is 5.56 Å². The lowest BCUT2D eigenvalue weighted by molar-refractivity contribution is -0.129. The topological polar surface area (TPSA) is 27.7 Å². The van der Waals surface area contributed by atoms with Crippen molar-refractivity contribution in [3.05, 3.63) is 35.9 Å². The second-order valence-electron chi connectivity index (χ2n) is 4.00. The molecule has 1 aromatic rings. The van der Waals surface area contributed by atoms with Crippen LogP contribution in [0.2, 0.25) is 0 Å². The van der Waals surface area contributed by atoms with E-state index in [-0.39, 0.29) is 12.4 Å². The summed E-state index contributed by atoms with van der Waals surface area (Å²) in [5.74, 6) is 0. The lowest BCUT2D eigenvalue weighted by Gasteiger charge is -2.12. The van der Waals surface area contributed by atoms with Gasteiger partial charge in [0.05, 0.1) is 19.3 Å². The summed E-state index contributed by atoms with van der Waals surface area (Å²) in [6.07, 6.45) is 2.14. The van der Waals surface area contributed by atoms with E-state index in [4.69, 9.17) is 14.2 Å². The van der Waals surface area contributed by atoms with Crippen LogP contribution >= 0.6 is 0 Å². The predicted octanol–water partition coefficient (Wildman–Crippen LogP) is 2.35. The smallest absolute Gasteiger partial charge is 0.157 e. The first-order valence-corrected chi connectivity index (χ1v) is 5.68. The maximum atomic E-state index is 5.62. The standard InChI is InChI=1S/C13H18O3/c1-14-13-8-7-12(16-13)10-15-9-11-5-3-2-4-6-11/h2-6,12-13H,7-10H2,1H3/t12-,13+/m0/s1. The SMILES string of the molecule is CO[C@H]1CC[C@@H](COCc2ccccc2)O1. The molecular formula is C13H18O3. The highest BCUT2D eigenvalue weighted by molar-refractivity contribution is 5.13. The van der Waals surface area contributed by atoms with Gasteiger partial charge in [-0.1, -0.05) is 30.3 Å². The van der Waals surface area contributed by atoms with Crippen molar-refractivity contribution in [3.8, 4) is 0 Å². The molecule has 0 radical (unpaired) electrons. The molecule has 0 amide bonds. The molecule has 1 saturated heterocycles. The molecule has 1 fully saturated rings. The molecule has 88 valence electrons. The summed E-state index contributed by atoms with van der Waals surface area (Å²) in [6.45, 7) is 1.30. The van der Waals surface area contributed by atoms with E-state index < -0.39 is 0 Å². The summed E-state index contributed by atoms with van der Waals surface area (Å²) < 4.78 is 16.3. The van der Waals surface area contributed by atoms with Crippen molar-refractivity contribution in [1.82, 2.24) is 0 Å². The Balaban J connectivity index is 1.65. The minimum absolute atomic E-state index is 0.0367. The minimum Gasteiger partial charge on any atom is -0.374 e. The maximum absolute atomic E-state index is 5.62. The van der Waals surface area contributed by atoms with E-state index in [0.717, 1.165) is 12.8 Å². The van der Waals surface area contributed by atoms with E-state index in [1.807, 2.05) is 18.2 Å². The molecule has 0 spiro atoms. The normalized spacial score (nSPS) is 24.8. The van der Waals surface area contributed by atoms with Crippen LogP contribution in [-0.2, 0) is 20.8 Å². The summed E-state index contributed by atoms with van der Waals surface area (Å²) in [4.78, 5) is 0. The molecule has 1 heterocycles. The summed E-state index contributed by atoms with van der Waals surface area (Å²) in [6, 6.07) is 10.2. The highest BCUT2D eigenvalue weighted by Gasteiger charge is 2.24. The number of methoxy groups -OCH3 is 1. The third-order valence-electron chi connectivity index (χ3n) is 2.75. The van der Waals surface area contributed by atoms with Gasteiger partial charge in [0.1, 0.15) is 0 Å². The fraction of sp³-hybridized carbons (Fsp3) is 0.538. The van der Waals surface area contributed by atoms with Crippen LogP contribution in [0.5, 0.6) is 0 Å². The Morgan fingerprint density at radius 3 is 2.75 bits per heavy atom. The van der Waals surface area contributed by atoms with E-state index in [1.54, 1.807) is 7.11 Å². The Morgan fingerprint density at radius 2 is 2.06 bits per heavy atom. The van der Waals surface area contributed by atoms with Crippen LogP contribution in [0.25, 0.3) is 0 Å². The second kappa shape index (κ2) is 5.99. The van der Waals surface area contributed by atoms with Gasteiger partial charge in [0, 0.05) is 13.5 Å². The van der Waals surface area contributed by atoms with Crippen LogP contribution in [0.15, 0.2) is 30.3 Å². The van der Waals surface area contributed by atoms with Crippen LogP contribution in [0.4, 0.5) is 0 Å². The van der Waals surface area contributed by atoms with Gasteiger partial charge in [0.25, 0.3) is 0 Å². The van der Waals surface area contributed by atoms with Gasteiger partial charge in [0.2, 0.25) is 0 Å². The van der Waals surface area contributed by atoms with Crippen LogP contribution in [0.3, 0.4) is 0 Å². The summed E-state index contributed by atoms with van der Waals surface area (Å²) >= 11 is 0. The maximum Gasteiger partial charge on any atom is 0.157 e. The monoisotopic (exact) mass is 222 g/mol. The fourth-order valence-corrected chi connectivity index (χ4v) is 1.85. The zero-order valence-corrected chi connectivity index (χ0v) is 9.59. The second-order valence-corrected chi connectivity index (χ2v) is 4.00. The lowest BCUT2D eigenvalue weighted by atomic mass is 10.2. The molecule has 1 aliphatic rings. The van der Waals surface area contributed by atoms with Crippen molar-refractivity contribution in [2.45, 2.75) is 31.8 Å². The highest BCUT2D eigenvalue weighted by Crippen LogP contribution is 2.20. The van der Waals surface area contributed by atoms with E-state index >= 15 is 0 Å². The van der Waals surface area contributed by atoms with Crippen LogP contribution in [0, 0.1) is 0 Å². The first kappa shape index (κ1) is 11.6. The number of ether oxygens (including phenoxy) is 3. The molecule has 0 aliphatic carbocycles. The number of benzene rings is 1. The number of hydrogen-bond acceptors (Lipinski definition) is 3. The molecule has 0 N–H and O–H groups in total. The van der Waals surface area contributed by atoms with E-state index in [0.29, 0.717) is 13.2 Å². The third kappa shape index (κ3) is 3.30. The molecular weight excluding hydrogens is 204 g/mol. The van der Waals surface area contributed by atoms with Gasteiger partial charge in [-0.3, -0.25) is 0 Å². The van der Waals surface area contributed by atoms with Crippen LogP contribution in [-0.4, -0.2) is 26.1 Å². The molecule has 0 saturated carbocycles.